The van der Waals surface area contributed by atoms with Crippen LogP contribution in [0.3, 0.4) is 0 Å². The number of H-pyrrole nitrogens is 1. The number of rotatable bonds is 3. The van der Waals surface area contributed by atoms with Gasteiger partial charge >= 0.3 is 0 Å². The molecule has 2 aromatic rings. The summed E-state index contributed by atoms with van der Waals surface area (Å²) in [5.41, 5.74) is 1.94. The fourth-order valence-corrected chi connectivity index (χ4v) is 1.72. The van der Waals surface area contributed by atoms with E-state index < -0.39 is 0 Å². The van der Waals surface area contributed by atoms with Crippen molar-refractivity contribution in [1.82, 2.24) is 10.3 Å². The van der Waals surface area contributed by atoms with Crippen molar-refractivity contribution in [2.45, 2.75) is 19.4 Å². The van der Waals surface area contributed by atoms with Crippen LogP contribution in [0.15, 0.2) is 24.3 Å². The van der Waals surface area contributed by atoms with Crippen LogP contribution in [-0.4, -0.2) is 18.1 Å². The van der Waals surface area contributed by atoms with Gasteiger partial charge in [-0.15, -0.1) is 0 Å². The Kier molecular flexibility index (Phi) is 2.73. The number of aromatic nitrogens is 1. The lowest BCUT2D eigenvalue weighted by molar-refractivity contribution is 0.603. The van der Waals surface area contributed by atoms with E-state index in [-0.39, 0.29) is 5.82 Å². The zero-order valence-corrected chi connectivity index (χ0v) is 8.97. The Hall–Kier alpha value is -1.35. The molecule has 0 saturated carbocycles. The highest BCUT2D eigenvalue weighted by molar-refractivity contribution is 5.80. The Bertz CT molecular complexity index is 462. The molecular weight excluding hydrogens is 191 g/mol. The van der Waals surface area contributed by atoms with Crippen LogP contribution in [0, 0.1) is 5.82 Å². The van der Waals surface area contributed by atoms with Crippen LogP contribution in [-0.2, 0) is 6.42 Å². The van der Waals surface area contributed by atoms with Crippen LogP contribution in [0.5, 0.6) is 0 Å². The Morgan fingerprint density at radius 3 is 2.93 bits per heavy atom. The molecule has 3 heteroatoms. The Morgan fingerprint density at radius 1 is 1.47 bits per heavy atom. The van der Waals surface area contributed by atoms with Crippen LogP contribution in [0.1, 0.15) is 12.6 Å². The van der Waals surface area contributed by atoms with Gasteiger partial charge in [0, 0.05) is 29.1 Å². The molecule has 1 aromatic heterocycles. The summed E-state index contributed by atoms with van der Waals surface area (Å²) in [4.78, 5) is 3.22. The van der Waals surface area contributed by atoms with Gasteiger partial charge in [0.05, 0.1) is 0 Å². The van der Waals surface area contributed by atoms with E-state index in [9.17, 15) is 4.39 Å². The van der Waals surface area contributed by atoms with Crippen molar-refractivity contribution in [2.75, 3.05) is 7.05 Å². The maximum absolute atomic E-state index is 13.4. The maximum atomic E-state index is 13.4. The Morgan fingerprint density at radius 2 is 2.27 bits per heavy atom. The van der Waals surface area contributed by atoms with Crippen molar-refractivity contribution >= 4 is 10.9 Å². The van der Waals surface area contributed by atoms with Gasteiger partial charge in [-0.1, -0.05) is 6.07 Å². The number of halogens is 1. The molecule has 1 heterocycles. The molecule has 0 bridgehead atoms. The average molecular weight is 206 g/mol. The third-order valence-electron chi connectivity index (χ3n) is 2.69. The second kappa shape index (κ2) is 4.03. The van der Waals surface area contributed by atoms with Gasteiger partial charge in [0.15, 0.2) is 0 Å². The molecule has 1 atom stereocenters. The number of benzene rings is 1. The van der Waals surface area contributed by atoms with E-state index in [4.69, 9.17) is 0 Å². The first-order valence-electron chi connectivity index (χ1n) is 5.14. The maximum Gasteiger partial charge on any atom is 0.132 e. The van der Waals surface area contributed by atoms with Gasteiger partial charge in [-0.25, -0.2) is 4.39 Å². The van der Waals surface area contributed by atoms with E-state index in [1.54, 1.807) is 6.07 Å². The standard InChI is InChI=1S/C12H15FN2/c1-8(14-2)6-9-7-10-11(13)4-3-5-12(10)15-9/h3-5,7-8,14-15H,6H2,1-2H3. The second-order valence-corrected chi connectivity index (χ2v) is 3.89. The van der Waals surface area contributed by atoms with Gasteiger partial charge < -0.3 is 10.3 Å². The minimum absolute atomic E-state index is 0.160. The molecule has 0 spiro atoms. The minimum Gasteiger partial charge on any atom is -0.358 e. The van der Waals surface area contributed by atoms with Crippen LogP contribution < -0.4 is 5.32 Å². The fourth-order valence-electron chi connectivity index (χ4n) is 1.72. The predicted octanol–water partition coefficient (Wildman–Crippen LogP) is 2.46. The largest absolute Gasteiger partial charge is 0.358 e. The van der Waals surface area contributed by atoms with E-state index in [0.29, 0.717) is 11.4 Å². The molecule has 0 radical (unpaired) electrons. The molecule has 2 nitrogen and oxygen atoms in total. The summed E-state index contributed by atoms with van der Waals surface area (Å²) >= 11 is 0. The van der Waals surface area contributed by atoms with E-state index in [0.717, 1.165) is 17.6 Å². The van der Waals surface area contributed by atoms with Gasteiger partial charge in [-0.2, -0.15) is 0 Å². The minimum atomic E-state index is -0.160. The molecule has 1 unspecified atom stereocenters. The molecule has 1 aromatic carbocycles. The molecule has 0 fully saturated rings. The van der Waals surface area contributed by atoms with Crippen LogP contribution in [0.4, 0.5) is 4.39 Å². The molecule has 15 heavy (non-hydrogen) atoms. The molecule has 2 rings (SSSR count). The lowest BCUT2D eigenvalue weighted by Gasteiger charge is -2.07. The lowest BCUT2D eigenvalue weighted by Crippen LogP contribution is -2.23. The zero-order valence-electron chi connectivity index (χ0n) is 8.97. The van der Waals surface area contributed by atoms with Crippen molar-refractivity contribution in [1.29, 1.82) is 0 Å². The number of likely N-dealkylation sites (N-methyl/N-ethyl adjacent to an activating group) is 1. The molecule has 80 valence electrons. The highest BCUT2D eigenvalue weighted by Crippen LogP contribution is 2.19. The first-order chi connectivity index (χ1) is 7.20. The summed E-state index contributed by atoms with van der Waals surface area (Å²) in [6.07, 6.45) is 0.880. The number of fused-ring (bicyclic) bond motifs is 1. The van der Waals surface area contributed by atoms with Gasteiger partial charge in [0.2, 0.25) is 0 Å². The highest BCUT2D eigenvalue weighted by atomic mass is 19.1. The highest BCUT2D eigenvalue weighted by Gasteiger charge is 2.07. The molecule has 0 amide bonds. The molecule has 0 saturated heterocycles. The average Bonchev–Trinajstić information content (AvgIpc) is 2.62. The van der Waals surface area contributed by atoms with Crippen molar-refractivity contribution in [2.24, 2.45) is 0 Å². The van der Waals surface area contributed by atoms with E-state index >= 15 is 0 Å². The second-order valence-electron chi connectivity index (χ2n) is 3.89. The number of hydrogen-bond acceptors (Lipinski definition) is 1. The molecule has 0 aliphatic heterocycles. The van der Waals surface area contributed by atoms with E-state index in [2.05, 4.69) is 17.2 Å². The zero-order chi connectivity index (χ0) is 10.8. The molecule has 0 aliphatic rings. The summed E-state index contributed by atoms with van der Waals surface area (Å²) < 4.78 is 13.4. The third kappa shape index (κ3) is 2.02. The Labute approximate surface area is 88.5 Å². The number of hydrogen-bond donors (Lipinski definition) is 2. The van der Waals surface area contributed by atoms with Crippen LogP contribution >= 0.6 is 0 Å². The smallest absolute Gasteiger partial charge is 0.132 e. The molecule has 2 N–H and O–H groups in total. The number of nitrogens with one attached hydrogen (secondary N) is 2. The summed E-state index contributed by atoms with van der Waals surface area (Å²) in [5, 5.41) is 3.84. The van der Waals surface area contributed by atoms with Crippen molar-refractivity contribution in [3.8, 4) is 0 Å². The van der Waals surface area contributed by atoms with Gasteiger partial charge in [0.1, 0.15) is 5.82 Å². The van der Waals surface area contributed by atoms with Gasteiger partial charge in [-0.05, 0) is 32.2 Å². The van der Waals surface area contributed by atoms with Gasteiger partial charge in [-0.3, -0.25) is 0 Å². The predicted molar refractivity (Wildman–Crippen MR) is 60.5 cm³/mol. The lowest BCUT2D eigenvalue weighted by atomic mass is 10.2. The first-order valence-corrected chi connectivity index (χ1v) is 5.14. The number of aromatic amines is 1. The topological polar surface area (TPSA) is 27.8 Å². The van der Waals surface area contributed by atoms with Crippen molar-refractivity contribution in [3.63, 3.8) is 0 Å². The molecular formula is C12H15FN2. The molecule has 0 aliphatic carbocycles. The summed E-state index contributed by atoms with van der Waals surface area (Å²) in [7, 11) is 1.92. The summed E-state index contributed by atoms with van der Waals surface area (Å²) in [5.74, 6) is -0.160. The van der Waals surface area contributed by atoms with Crippen LogP contribution in [0.2, 0.25) is 0 Å². The summed E-state index contributed by atoms with van der Waals surface area (Å²) in [6, 6.07) is 7.38. The SMILES string of the molecule is CNC(C)Cc1cc2c(F)cccc2[nH]1. The van der Waals surface area contributed by atoms with E-state index in [1.807, 2.05) is 19.2 Å². The van der Waals surface area contributed by atoms with Crippen molar-refractivity contribution < 1.29 is 4.39 Å². The van der Waals surface area contributed by atoms with E-state index in [1.165, 1.54) is 6.07 Å². The fraction of sp³-hybridized carbons (Fsp3) is 0.333. The monoisotopic (exact) mass is 206 g/mol. The van der Waals surface area contributed by atoms with Gasteiger partial charge in [0.25, 0.3) is 0 Å². The van der Waals surface area contributed by atoms with Crippen molar-refractivity contribution in [3.05, 3.63) is 35.8 Å². The first kappa shape index (κ1) is 10.2. The normalized spacial score (nSPS) is 13.3. The quantitative estimate of drug-likeness (QED) is 0.793. The summed E-state index contributed by atoms with van der Waals surface area (Å²) in [6.45, 7) is 2.10. The third-order valence-corrected chi connectivity index (χ3v) is 2.69. The van der Waals surface area contributed by atoms with Crippen LogP contribution in [0.25, 0.3) is 10.9 Å². The Balaban J connectivity index is 2.35.